The van der Waals surface area contributed by atoms with Gasteiger partial charge in [0.05, 0.1) is 26.0 Å². The minimum absolute atomic E-state index is 0.146. The van der Waals surface area contributed by atoms with Crippen molar-refractivity contribution >= 4 is 9.84 Å². The molecule has 0 spiro atoms. The van der Waals surface area contributed by atoms with E-state index in [0.29, 0.717) is 0 Å². The molecule has 2 atom stereocenters. The molecule has 0 heterocycles. The molecule has 0 aromatic rings. The Bertz CT molecular complexity index is 870. The van der Waals surface area contributed by atoms with Crippen LogP contribution in [0.3, 0.4) is 0 Å². The lowest BCUT2D eigenvalue weighted by atomic mass is 10.1. The molecule has 0 aromatic carbocycles. The van der Waals surface area contributed by atoms with Gasteiger partial charge in [0, 0.05) is 12.2 Å². The van der Waals surface area contributed by atoms with Crippen LogP contribution < -0.4 is 0 Å². The van der Waals surface area contributed by atoms with Crippen LogP contribution in [0.25, 0.3) is 19.4 Å². The first kappa shape index (κ1) is 16.2. The molecule has 0 aliphatic heterocycles. The summed E-state index contributed by atoms with van der Waals surface area (Å²) in [6.07, 6.45) is 7.50. The van der Waals surface area contributed by atoms with Crippen molar-refractivity contribution in [3.63, 3.8) is 0 Å². The highest BCUT2D eigenvalue weighted by Crippen LogP contribution is 2.44. The van der Waals surface area contributed by atoms with Gasteiger partial charge in [0.25, 0.3) is 0 Å². The van der Waals surface area contributed by atoms with Crippen LogP contribution in [0.4, 0.5) is 0 Å². The molecule has 0 saturated carbocycles. The van der Waals surface area contributed by atoms with Gasteiger partial charge in [-0.2, -0.15) is 0 Å². The van der Waals surface area contributed by atoms with E-state index in [-0.39, 0.29) is 24.2 Å². The third-order valence-corrected chi connectivity index (χ3v) is 6.36. The normalized spacial score (nSPS) is 29.2. The second-order valence-electron chi connectivity index (χ2n) is 5.03. The summed E-state index contributed by atoms with van der Waals surface area (Å²) in [6.45, 7) is 28.9. The Labute approximate surface area is 134 Å². The molecule has 2 rings (SSSR count). The van der Waals surface area contributed by atoms with Gasteiger partial charge < -0.3 is 0 Å². The molecule has 0 radical (unpaired) electrons. The molecule has 2 aliphatic rings. The molecule has 2 unspecified atom stereocenters. The van der Waals surface area contributed by atoms with E-state index >= 15 is 0 Å². The lowest BCUT2D eigenvalue weighted by Crippen LogP contribution is -2.48. The predicted molar refractivity (Wildman–Crippen MR) is 84.5 cm³/mol. The molecule has 112 valence electrons. The van der Waals surface area contributed by atoms with Gasteiger partial charge in [-0.1, -0.05) is 24.3 Å². The summed E-state index contributed by atoms with van der Waals surface area (Å²) in [6, 6.07) is 0. The third kappa shape index (κ3) is 2.25. The molecule has 6 nitrogen and oxygen atoms in total. The number of hydrogen-bond acceptors (Lipinski definition) is 2. The van der Waals surface area contributed by atoms with E-state index in [2.05, 4.69) is 19.4 Å². The summed E-state index contributed by atoms with van der Waals surface area (Å²) in [5, 5.41) is 0. The summed E-state index contributed by atoms with van der Waals surface area (Å²) in [7, 11) is -4.34. The smallest absolute Gasteiger partial charge is 0.289 e. The summed E-state index contributed by atoms with van der Waals surface area (Å²) in [4.78, 5) is 9.02. The number of hydrogen-bond donors (Lipinski definition) is 0. The van der Waals surface area contributed by atoms with E-state index in [0.717, 1.165) is 0 Å². The fourth-order valence-corrected chi connectivity index (χ4v) is 4.52. The molecule has 0 aromatic heterocycles. The number of rotatable bonds is 2. The van der Waals surface area contributed by atoms with Crippen molar-refractivity contribution in [3.8, 4) is 0 Å². The minimum Gasteiger partial charge on any atom is -0.289 e. The number of sulfone groups is 1. The predicted octanol–water partition coefficient (Wildman–Crippen LogP) is 3.16. The van der Waals surface area contributed by atoms with Crippen LogP contribution in [0, 0.1) is 26.3 Å². The highest BCUT2D eigenvalue weighted by atomic mass is 32.2. The van der Waals surface area contributed by atoms with Crippen LogP contribution in [-0.2, 0) is 9.84 Å². The SMILES string of the molecule is [C-]#[N+]C1=CC=CC([N+]#[C-])(S(=O)(=O)C2([N+]#[C-])C=CC=C([N+]#[C-])C2)C1. The summed E-state index contributed by atoms with van der Waals surface area (Å²) in [5.74, 6) is 0. The first-order chi connectivity index (χ1) is 10.9. The molecule has 0 saturated heterocycles. The average molecular weight is 322 g/mol. The summed E-state index contributed by atoms with van der Waals surface area (Å²) < 4.78 is 26.4. The number of allylic oxidation sites excluding steroid dienone is 4. The van der Waals surface area contributed by atoms with Crippen molar-refractivity contribution in [3.05, 3.63) is 93.5 Å². The Kier molecular flexibility index (Phi) is 3.94. The van der Waals surface area contributed by atoms with Crippen LogP contribution in [0.5, 0.6) is 0 Å². The van der Waals surface area contributed by atoms with E-state index in [1.54, 1.807) is 0 Å². The van der Waals surface area contributed by atoms with Gasteiger partial charge in [0.15, 0.2) is 11.4 Å². The van der Waals surface area contributed by atoms with Crippen LogP contribution >= 0.6 is 0 Å². The Morgan fingerprint density at radius 1 is 0.826 bits per heavy atom. The van der Waals surface area contributed by atoms with Crippen LogP contribution in [0.2, 0.25) is 0 Å². The van der Waals surface area contributed by atoms with Crippen molar-refractivity contribution in [2.75, 3.05) is 0 Å². The van der Waals surface area contributed by atoms with Gasteiger partial charge in [0.1, 0.15) is 0 Å². The Morgan fingerprint density at radius 3 is 1.52 bits per heavy atom. The van der Waals surface area contributed by atoms with E-state index in [1.807, 2.05) is 0 Å². The zero-order valence-corrected chi connectivity index (χ0v) is 12.7. The zero-order valence-electron chi connectivity index (χ0n) is 11.9. The van der Waals surface area contributed by atoms with Crippen molar-refractivity contribution in [1.29, 1.82) is 0 Å². The fourth-order valence-electron chi connectivity index (χ4n) is 2.48. The Balaban J connectivity index is 2.63. The first-order valence-corrected chi connectivity index (χ1v) is 7.92. The zero-order chi connectivity index (χ0) is 17.1. The average Bonchev–Trinajstić information content (AvgIpc) is 2.61. The monoisotopic (exact) mass is 322 g/mol. The largest absolute Gasteiger partial charge is 0.352 e. The van der Waals surface area contributed by atoms with Gasteiger partial charge in [-0.3, -0.25) is 9.69 Å². The van der Waals surface area contributed by atoms with Crippen molar-refractivity contribution in [2.45, 2.75) is 22.6 Å². The Morgan fingerprint density at radius 2 is 1.22 bits per heavy atom. The maximum Gasteiger partial charge on any atom is 0.352 e. The second kappa shape index (κ2) is 5.58. The van der Waals surface area contributed by atoms with Crippen LogP contribution in [0.1, 0.15) is 12.8 Å². The molecule has 23 heavy (non-hydrogen) atoms. The molecule has 0 N–H and O–H groups in total. The fraction of sp³-hybridized carbons (Fsp3) is 0.250. The van der Waals surface area contributed by atoms with Gasteiger partial charge in [-0.25, -0.2) is 31.3 Å². The van der Waals surface area contributed by atoms with E-state index in [9.17, 15) is 8.42 Å². The molecular formula is C16H10N4O2S. The lowest BCUT2D eigenvalue weighted by Gasteiger charge is -2.27. The third-order valence-electron chi connectivity index (χ3n) is 3.76. The molecule has 0 amide bonds. The standard InChI is InChI=1S/C16H10N4O2S/c1-17-13-7-5-9-15(11-13,19-3)23(21,22)16(20-4)10-6-8-14(12-16)18-2/h5-10H,11-12H2. The van der Waals surface area contributed by atoms with Gasteiger partial charge in [0.2, 0.25) is 0 Å². The van der Waals surface area contributed by atoms with Gasteiger partial charge >= 0.3 is 19.6 Å². The van der Waals surface area contributed by atoms with E-state index in [4.69, 9.17) is 26.3 Å². The summed E-state index contributed by atoms with van der Waals surface area (Å²) in [5.41, 5.74) is 0.292. The van der Waals surface area contributed by atoms with Crippen LogP contribution in [0.15, 0.2) is 47.9 Å². The number of nitrogens with zero attached hydrogens (tertiary/aromatic N) is 4. The maximum absolute atomic E-state index is 13.2. The van der Waals surface area contributed by atoms with Gasteiger partial charge in [-0.15, -0.1) is 0 Å². The van der Waals surface area contributed by atoms with Gasteiger partial charge in [-0.05, 0) is 0 Å². The first-order valence-electron chi connectivity index (χ1n) is 6.43. The van der Waals surface area contributed by atoms with E-state index < -0.39 is 19.6 Å². The molecular weight excluding hydrogens is 312 g/mol. The second-order valence-corrected chi connectivity index (χ2v) is 7.45. The van der Waals surface area contributed by atoms with E-state index in [1.165, 1.54) is 36.5 Å². The molecule has 0 bridgehead atoms. The summed E-state index contributed by atoms with van der Waals surface area (Å²) >= 11 is 0. The highest BCUT2D eigenvalue weighted by Gasteiger charge is 2.65. The molecule has 2 aliphatic carbocycles. The van der Waals surface area contributed by atoms with Crippen LogP contribution in [-0.4, -0.2) is 18.2 Å². The quantitative estimate of drug-likeness (QED) is 0.733. The Hall–Kier alpha value is -3.13. The molecule has 7 heteroatoms. The minimum atomic E-state index is -4.34. The lowest BCUT2D eigenvalue weighted by molar-refractivity contribution is 0.546. The van der Waals surface area contributed by atoms with Crippen molar-refractivity contribution in [2.24, 2.45) is 0 Å². The molecule has 0 fully saturated rings. The van der Waals surface area contributed by atoms with Crippen molar-refractivity contribution in [1.82, 2.24) is 0 Å². The highest BCUT2D eigenvalue weighted by molar-refractivity contribution is 7.94. The maximum atomic E-state index is 13.2. The topological polar surface area (TPSA) is 51.6 Å². The van der Waals surface area contributed by atoms with Crippen molar-refractivity contribution < 1.29 is 8.42 Å².